The summed E-state index contributed by atoms with van der Waals surface area (Å²) in [5.74, 6) is 1.04. The van der Waals surface area contributed by atoms with Crippen LogP contribution in [0.3, 0.4) is 0 Å². The highest BCUT2D eigenvalue weighted by molar-refractivity contribution is 7.98. The second-order valence-corrected chi connectivity index (χ2v) is 7.48. The molecule has 0 aliphatic rings. The van der Waals surface area contributed by atoms with Crippen molar-refractivity contribution in [3.8, 4) is 17.2 Å². The molecule has 4 aromatic rings. The molecule has 0 bridgehead atoms. The van der Waals surface area contributed by atoms with Crippen LogP contribution in [0, 0.1) is 0 Å². The van der Waals surface area contributed by atoms with Gasteiger partial charge >= 0.3 is 0 Å². The largest absolute Gasteiger partial charge is 0.489 e. The van der Waals surface area contributed by atoms with Crippen LogP contribution in [0.4, 0.5) is 5.69 Å². The molecule has 32 heavy (non-hydrogen) atoms. The van der Waals surface area contributed by atoms with Gasteiger partial charge in [-0.15, -0.1) is 5.10 Å². The lowest BCUT2D eigenvalue weighted by Gasteiger charge is -2.10. The number of aromatic nitrogens is 4. The second kappa shape index (κ2) is 10.5. The topological polar surface area (TPSA) is 91.2 Å². The highest BCUT2D eigenvalue weighted by Crippen LogP contribution is 2.20. The summed E-state index contributed by atoms with van der Waals surface area (Å²) >= 11 is 1.44. The first-order valence-electron chi connectivity index (χ1n) is 9.83. The Morgan fingerprint density at radius 2 is 1.72 bits per heavy atom. The number of anilines is 1. The smallest absolute Gasteiger partial charge is 0.262 e. The average Bonchev–Trinajstić information content (AvgIpc) is 3.32. The summed E-state index contributed by atoms with van der Waals surface area (Å²) < 4.78 is 13.0. The predicted octanol–water partition coefficient (Wildman–Crippen LogP) is 3.98. The van der Waals surface area contributed by atoms with Crippen LogP contribution in [0.2, 0.25) is 0 Å². The summed E-state index contributed by atoms with van der Waals surface area (Å²) in [5, 5.41) is 15.1. The standard InChI is InChI=1S/C23H21N5O3S/c1-32-23-25-26-27-28(23)19-9-5-8-18(14-19)24-22(29)16-31-21-12-10-20(11-13-21)30-15-17-6-3-2-4-7-17/h2-14H,15-16H2,1H3,(H,24,29). The second-order valence-electron chi connectivity index (χ2n) is 6.71. The van der Waals surface area contributed by atoms with Crippen LogP contribution in [0.15, 0.2) is 84.0 Å². The van der Waals surface area contributed by atoms with Gasteiger partial charge in [0, 0.05) is 5.69 Å². The maximum absolute atomic E-state index is 12.3. The summed E-state index contributed by atoms with van der Waals surface area (Å²) in [6.07, 6.45) is 1.90. The molecule has 0 fully saturated rings. The van der Waals surface area contributed by atoms with Crippen molar-refractivity contribution >= 4 is 23.4 Å². The van der Waals surface area contributed by atoms with Gasteiger partial charge in [-0.1, -0.05) is 48.2 Å². The Labute approximate surface area is 189 Å². The number of ether oxygens (including phenoxy) is 2. The Morgan fingerprint density at radius 1 is 0.969 bits per heavy atom. The zero-order chi connectivity index (χ0) is 22.2. The Kier molecular flexibility index (Phi) is 6.98. The molecule has 0 aliphatic carbocycles. The molecule has 3 aromatic carbocycles. The molecule has 0 saturated carbocycles. The lowest BCUT2D eigenvalue weighted by Crippen LogP contribution is -2.20. The van der Waals surface area contributed by atoms with Gasteiger partial charge in [0.25, 0.3) is 5.91 Å². The summed E-state index contributed by atoms with van der Waals surface area (Å²) in [7, 11) is 0. The first kappa shape index (κ1) is 21.4. The number of carbonyl (C=O) groups excluding carboxylic acids is 1. The Morgan fingerprint density at radius 3 is 2.47 bits per heavy atom. The maximum Gasteiger partial charge on any atom is 0.262 e. The first-order chi connectivity index (χ1) is 15.7. The minimum absolute atomic E-state index is 0.116. The van der Waals surface area contributed by atoms with Crippen molar-refractivity contribution < 1.29 is 14.3 Å². The van der Waals surface area contributed by atoms with E-state index in [2.05, 4.69) is 20.8 Å². The van der Waals surface area contributed by atoms with Gasteiger partial charge in [0.15, 0.2) is 6.61 Å². The third kappa shape index (κ3) is 5.64. The Balaban J connectivity index is 1.28. The van der Waals surface area contributed by atoms with Crippen LogP contribution in [0.1, 0.15) is 5.56 Å². The van der Waals surface area contributed by atoms with E-state index in [1.165, 1.54) is 11.8 Å². The minimum atomic E-state index is -0.270. The highest BCUT2D eigenvalue weighted by Gasteiger charge is 2.09. The molecule has 162 valence electrons. The Hall–Kier alpha value is -3.85. The summed E-state index contributed by atoms with van der Waals surface area (Å²) in [5.41, 5.74) is 2.48. The molecule has 1 N–H and O–H groups in total. The van der Waals surface area contributed by atoms with Gasteiger partial charge in [-0.05, 0) is 64.7 Å². The summed E-state index contributed by atoms with van der Waals surface area (Å²) in [6, 6.07) is 24.4. The highest BCUT2D eigenvalue weighted by atomic mass is 32.2. The predicted molar refractivity (Wildman–Crippen MR) is 122 cm³/mol. The van der Waals surface area contributed by atoms with Crippen LogP contribution < -0.4 is 14.8 Å². The molecule has 9 heteroatoms. The fourth-order valence-electron chi connectivity index (χ4n) is 2.90. The fourth-order valence-corrected chi connectivity index (χ4v) is 3.34. The molecular formula is C23H21N5O3S. The number of hydrogen-bond acceptors (Lipinski definition) is 7. The molecule has 0 radical (unpaired) electrons. The van der Waals surface area contributed by atoms with E-state index >= 15 is 0 Å². The van der Waals surface area contributed by atoms with E-state index in [4.69, 9.17) is 9.47 Å². The normalized spacial score (nSPS) is 10.5. The maximum atomic E-state index is 12.3. The number of amides is 1. The zero-order valence-electron chi connectivity index (χ0n) is 17.3. The van der Waals surface area contributed by atoms with Crippen LogP contribution in [0.5, 0.6) is 11.5 Å². The number of hydrogen-bond donors (Lipinski definition) is 1. The van der Waals surface area contributed by atoms with Crippen LogP contribution in [-0.4, -0.2) is 39.0 Å². The van der Waals surface area contributed by atoms with Gasteiger partial charge in [-0.3, -0.25) is 4.79 Å². The van der Waals surface area contributed by atoms with Crippen LogP contribution in [-0.2, 0) is 11.4 Å². The van der Waals surface area contributed by atoms with Crippen molar-refractivity contribution in [2.24, 2.45) is 0 Å². The van der Waals surface area contributed by atoms with E-state index in [0.29, 0.717) is 23.2 Å². The number of tetrazole rings is 1. The van der Waals surface area contributed by atoms with Gasteiger partial charge < -0.3 is 14.8 Å². The first-order valence-corrected chi connectivity index (χ1v) is 11.1. The average molecular weight is 448 g/mol. The van der Waals surface area contributed by atoms with E-state index in [0.717, 1.165) is 17.0 Å². The van der Waals surface area contributed by atoms with Crippen LogP contribution >= 0.6 is 11.8 Å². The lowest BCUT2D eigenvalue weighted by molar-refractivity contribution is -0.118. The lowest BCUT2D eigenvalue weighted by atomic mass is 10.2. The van der Waals surface area contributed by atoms with Crippen molar-refractivity contribution in [2.45, 2.75) is 11.8 Å². The molecular weight excluding hydrogens is 426 g/mol. The number of carbonyl (C=O) groups is 1. The molecule has 0 saturated heterocycles. The van der Waals surface area contributed by atoms with Crippen molar-refractivity contribution in [1.29, 1.82) is 0 Å². The van der Waals surface area contributed by atoms with E-state index in [-0.39, 0.29) is 12.5 Å². The molecule has 1 amide bonds. The van der Waals surface area contributed by atoms with Gasteiger partial charge in [0.1, 0.15) is 18.1 Å². The van der Waals surface area contributed by atoms with Crippen molar-refractivity contribution in [2.75, 3.05) is 18.2 Å². The van der Waals surface area contributed by atoms with Gasteiger partial charge in [0.2, 0.25) is 5.16 Å². The van der Waals surface area contributed by atoms with Gasteiger partial charge in [0.05, 0.1) is 5.69 Å². The number of nitrogens with one attached hydrogen (secondary N) is 1. The molecule has 4 rings (SSSR count). The quantitative estimate of drug-likeness (QED) is 0.388. The van der Waals surface area contributed by atoms with E-state index in [9.17, 15) is 4.79 Å². The van der Waals surface area contributed by atoms with Crippen molar-refractivity contribution in [3.05, 3.63) is 84.4 Å². The van der Waals surface area contributed by atoms with Crippen molar-refractivity contribution in [1.82, 2.24) is 20.2 Å². The molecule has 0 spiro atoms. The monoisotopic (exact) mass is 447 g/mol. The third-order valence-corrected chi connectivity index (χ3v) is 5.06. The van der Waals surface area contributed by atoms with Gasteiger partial charge in [-0.25, -0.2) is 0 Å². The van der Waals surface area contributed by atoms with Crippen molar-refractivity contribution in [3.63, 3.8) is 0 Å². The molecule has 0 atom stereocenters. The SMILES string of the molecule is CSc1nnnn1-c1cccc(NC(=O)COc2ccc(OCc3ccccc3)cc2)c1. The van der Waals surface area contributed by atoms with E-state index in [1.807, 2.05) is 60.9 Å². The molecule has 8 nitrogen and oxygen atoms in total. The molecule has 1 heterocycles. The Bertz CT molecular complexity index is 1170. The number of nitrogens with zero attached hydrogens (tertiary/aromatic N) is 4. The van der Waals surface area contributed by atoms with E-state index < -0.39 is 0 Å². The minimum Gasteiger partial charge on any atom is -0.489 e. The summed E-state index contributed by atoms with van der Waals surface area (Å²) in [4.78, 5) is 12.3. The molecule has 0 unspecified atom stereocenters. The number of thioether (sulfide) groups is 1. The summed E-state index contributed by atoms with van der Waals surface area (Å²) in [6.45, 7) is 0.376. The van der Waals surface area contributed by atoms with E-state index in [1.54, 1.807) is 28.9 Å². The number of benzene rings is 3. The molecule has 0 aliphatic heterocycles. The molecule has 1 aromatic heterocycles. The third-order valence-electron chi connectivity index (χ3n) is 4.44. The van der Waals surface area contributed by atoms with Crippen LogP contribution in [0.25, 0.3) is 5.69 Å². The fraction of sp³-hybridized carbons (Fsp3) is 0.130. The zero-order valence-corrected chi connectivity index (χ0v) is 18.2. The van der Waals surface area contributed by atoms with Gasteiger partial charge in [-0.2, -0.15) is 4.68 Å². The number of rotatable bonds is 9.